The van der Waals surface area contributed by atoms with Gasteiger partial charge in [-0.3, -0.25) is 0 Å². The zero-order valence-electron chi connectivity index (χ0n) is 19.9. The third-order valence-electron chi connectivity index (χ3n) is 5.54. The molecule has 1 N–H and O–H groups in total. The van der Waals surface area contributed by atoms with Crippen LogP contribution >= 0.6 is 0 Å². The first-order valence-electron chi connectivity index (χ1n) is 11.6. The lowest BCUT2D eigenvalue weighted by atomic mass is 10.0. The van der Waals surface area contributed by atoms with Crippen LogP contribution in [0.5, 0.6) is 11.5 Å². The zero-order chi connectivity index (χ0) is 23.2. The number of aryl methyl sites for hydroxylation is 1. The molecule has 4 rings (SSSR count). The van der Waals surface area contributed by atoms with Crippen LogP contribution in [-0.4, -0.2) is 53.9 Å². The Bertz CT molecular complexity index is 1200. The second-order valence-corrected chi connectivity index (χ2v) is 8.29. The molecular weight excluding hydrogens is 416 g/mol. The molecule has 0 aliphatic carbocycles. The Hall–Kier alpha value is -3.32. The van der Waals surface area contributed by atoms with Crippen molar-refractivity contribution in [2.24, 2.45) is 0 Å². The van der Waals surface area contributed by atoms with E-state index in [2.05, 4.69) is 52.4 Å². The molecule has 0 spiro atoms. The molecule has 174 valence electrons. The quantitative estimate of drug-likeness (QED) is 0.303. The van der Waals surface area contributed by atoms with Crippen LogP contribution in [0.15, 0.2) is 47.1 Å². The van der Waals surface area contributed by atoms with Gasteiger partial charge in [-0.05, 0) is 95.7 Å². The lowest BCUT2D eigenvalue weighted by Gasteiger charge is -2.11. The Labute approximate surface area is 194 Å². The number of unbranched alkanes of at least 4 members (excludes halogenated alkanes) is 1. The van der Waals surface area contributed by atoms with E-state index in [1.165, 1.54) is 17.4 Å². The third-order valence-corrected chi connectivity index (χ3v) is 5.54. The SMILES string of the molecule is CCOc1ccc(-c2nc(-c3ccc4[nH]cc(CCCCN(C)C)c4c3)no2)cc1OCC. The molecule has 0 radical (unpaired) electrons. The maximum atomic E-state index is 5.73. The van der Waals surface area contributed by atoms with Crippen molar-refractivity contribution in [2.75, 3.05) is 33.9 Å². The van der Waals surface area contributed by atoms with Crippen molar-refractivity contribution in [2.45, 2.75) is 33.1 Å². The van der Waals surface area contributed by atoms with Gasteiger partial charge in [0.1, 0.15) is 0 Å². The van der Waals surface area contributed by atoms with Crippen molar-refractivity contribution in [1.29, 1.82) is 0 Å². The van der Waals surface area contributed by atoms with E-state index >= 15 is 0 Å². The lowest BCUT2D eigenvalue weighted by Crippen LogP contribution is -2.12. The van der Waals surface area contributed by atoms with Gasteiger partial charge in [0.15, 0.2) is 11.5 Å². The summed E-state index contributed by atoms with van der Waals surface area (Å²) < 4.78 is 17.0. The molecule has 0 saturated heterocycles. The minimum absolute atomic E-state index is 0.451. The van der Waals surface area contributed by atoms with Gasteiger partial charge in [0.05, 0.1) is 13.2 Å². The highest BCUT2D eigenvalue weighted by Gasteiger charge is 2.15. The fourth-order valence-electron chi connectivity index (χ4n) is 3.91. The first-order valence-corrected chi connectivity index (χ1v) is 11.6. The van der Waals surface area contributed by atoms with E-state index in [0.717, 1.165) is 36.0 Å². The number of H-pyrrole nitrogens is 1. The van der Waals surface area contributed by atoms with Crippen LogP contribution in [0.25, 0.3) is 33.7 Å². The fraction of sp³-hybridized carbons (Fsp3) is 0.385. The van der Waals surface area contributed by atoms with Gasteiger partial charge < -0.3 is 23.9 Å². The van der Waals surface area contributed by atoms with Gasteiger partial charge in [0.25, 0.3) is 5.89 Å². The van der Waals surface area contributed by atoms with Crippen LogP contribution in [0.4, 0.5) is 0 Å². The number of hydrogen-bond donors (Lipinski definition) is 1. The Morgan fingerprint density at radius 1 is 0.939 bits per heavy atom. The summed E-state index contributed by atoms with van der Waals surface area (Å²) in [6, 6.07) is 11.9. The Morgan fingerprint density at radius 2 is 1.73 bits per heavy atom. The molecular formula is C26H32N4O3. The molecule has 0 fully saturated rings. The zero-order valence-corrected chi connectivity index (χ0v) is 19.9. The summed E-state index contributed by atoms with van der Waals surface area (Å²) in [5.41, 5.74) is 4.17. The second kappa shape index (κ2) is 10.5. The summed E-state index contributed by atoms with van der Waals surface area (Å²) in [4.78, 5) is 10.3. The van der Waals surface area contributed by atoms with Crippen LogP contribution in [0.3, 0.4) is 0 Å². The van der Waals surface area contributed by atoms with Gasteiger partial charge in [-0.1, -0.05) is 5.16 Å². The number of ether oxygens (including phenoxy) is 2. The van der Waals surface area contributed by atoms with Crippen molar-refractivity contribution in [3.63, 3.8) is 0 Å². The molecule has 2 heterocycles. The highest BCUT2D eigenvalue weighted by Crippen LogP contribution is 2.33. The number of nitrogens with one attached hydrogen (secondary N) is 1. The summed E-state index contributed by atoms with van der Waals surface area (Å²) in [6.45, 7) is 6.12. The fourth-order valence-corrected chi connectivity index (χ4v) is 3.91. The molecule has 0 atom stereocenters. The maximum Gasteiger partial charge on any atom is 0.258 e. The van der Waals surface area contributed by atoms with Crippen molar-refractivity contribution >= 4 is 10.9 Å². The van der Waals surface area contributed by atoms with E-state index in [9.17, 15) is 0 Å². The number of aromatic nitrogens is 3. The van der Waals surface area contributed by atoms with Crippen LogP contribution in [0.2, 0.25) is 0 Å². The molecule has 7 nitrogen and oxygen atoms in total. The van der Waals surface area contributed by atoms with Gasteiger partial charge in [0.2, 0.25) is 5.82 Å². The van der Waals surface area contributed by atoms with Gasteiger partial charge in [0, 0.05) is 28.2 Å². The first-order chi connectivity index (χ1) is 16.1. The van der Waals surface area contributed by atoms with Crippen molar-refractivity contribution in [1.82, 2.24) is 20.0 Å². The topological polar surface area (TPSA) is 76.4 Å². The number of hydrogen-bond acceptors (Lipinski definition) is 6. The predicted molar refractivity (Wildman–Crippen MR) is 131 cm³/mol. The lowest BCUT2D eigenvalue weighted by molar-refractivity contribution is 0.288. The molecule has 7 heteroatoms. The van der Waals surface area contributed by atoms with Crippen LogP contribution in [0, 0.1) is 0 Å². The molecule has 0 unspecified atom stereocenters. The minimum Gasteiger partial charge on any atom is -0.490 e. The second-order valence-electron chi connectivity index (χ2n) is 8.29. The summed E-state index contributed by atoms with van der Waals surface area (Å²) in [6.07, 6.45) is 5.49. The van der Waals surface area contributed by atoms with Crippen LogP contribution in [0.1, 0.15) is 32.3 Å². The molecule has 2 aromatic heterocycles. The van der Waals surface area contributed by atoms with E-state index in [1.54, 1.807) is 0 Å². The average molecular weight is 449 g/mol. The molecule has 0 aliphatic heterocycles. The molecule has 0 saturated carbocycles. The average Bonchev–Trinajstić information content (AvgIpc) is 3.45. The Balaban J connectivity index is 1.56. The Kier molecular flexibility index (Phi) is 7.29. The smallest absolute Gasteiger partial charge is 0.258 e. The Morgan fingerprint density at radius 3 is 2.52 bits per heavy atom. The maximum absolute atomic E-state index is 5.73. The van der Waals surface area contributed by atoms with Crippen LogP contribution < -0.4 is 9.47 Å². The van der Waals surface area contributed by atoms with E-state index in [-0.39, 0.29) is 0 Å². The third kappa shape index (κ3) is 5.37. The molecule has 33 heavy (non-hydrogen) atoms. The monoisotopic (exact) mass is 448 g/mol. The van der Waals surface area contributed by atoms with Gasteiger partial charge in [-0.2, -0.15) is 4.98 Å². The van der Waals surface area contributed by atoms with Gasteiger partial charge >= 0.3 is 0 Å². The largest absolute Gasteiger partial charge is 0.490 e. The number of rotatable bonds is 11. The standard InChI is InChI=1S/C26H32N4O3/c1-5-31-23-13-11-19(16-24(23)32-6-2)26-28-25(29-33-26)18-10-12-22-21(15-18)20(17-27-22)9-7-8-14-30(3)4/h10-13,15-17,27H,5-9,14H2,1-4H3. The molecule has 0 amide bonds. The summed E-state index contributed by atoms with van der Waals surface area (Å²) in [5, 5.41) is 5.45. The first kappa shape index (κ1) is 22.9. The van der Waals surface area contributed by atoms with Gasteiger partial charge in [-0.25, -0.2) is 0 Å². The number of nitrogens with zero attached hydrogens (tertiary/aromatic N) is 3. The highest BCUT2D eigenvalue weighted by atomic mass is 16.5. The molecule has 0 bridgehead atoms. The predicted octanol–water partition coefficient (Wildman–Crippen LogP) is 5.57. The van der Waals surface area contributed by atoms with E-state index < -0.39 is 0 Å². The van der Waals surface area contributed by atoms with Crippen LogP contribution in [-0.2, 0) is 6.42 Å². The van der Waals surface area contributed by atoms with Crippen molar-refractivity contribution in [3.8, 4) is 34.3 Å². The number of aromatic amines is 1. The van der Waals surface area contributed by atoms with E-state index in [0.29, 0.717) is 36.4 Å². The van der Waals surface area contributed by atoms with Gasteiger partial charge in [-0.15, -0.1) is 0 Å². The molecule has 2 aromatic carbocycles. The molecule has 4 aromatic rings. The minimum atomic E-state index is 0.451. The molecule has 0 aliphatic rings. The van der Waals surface area contributed by atoms with Crippen molar-refractivity contribution < 1.29 is 14.0 Å². The summed E-state index contributed by atoms with van der Waals surface area (Å²) in [5.74, 6) is 2.40. The number of benzene rings is 2. The van der Waals surface area contributed by atoms with Crippen molar-refractivity contribution in [3.05, 3.63) is 48.2 Å². The van der Waals surface area contributed by atoms with E-state index in [4.69, 9.17) is 14.0 Å². The summed E-state index contributed by atoms with van der Waals surface area (Å²) >= 11 is 0. The highest BCUT2D eigenvalue weighted by molar-refractivity contribution is 5.87. The summed E-state index contributed by atoms with van der Waals surface area (Å²) in [7, 11) is 4.23. The normalized spacial score (nSPS) is 11.4. The number of fused-ring (bicyclic) bond motifs is 1. The van der Waals surface area contributed by atoms with E-state index in [1.807, 2.05) is 38.1 Å².